The molecule has 3 aliphatic rings. The fraction of sp³-hybridized carbons (Fsp3) is 0.0556. The fourth-order valence-electron chi connectivity index (χ4n) is 5.83. The largest absolute Gasteiger partial charge is 0.453 e. The molecule has 0 aromatic heterocycles. The van der Waals surface area contributed by atoms with E-state index in [4.69, 9.17) is 4.74 Å². The normalized spacial score (nSPS) is 14.8. The second kappa shape index (κ2) is 9.45. The number of nitriles is 2. The Kier molecular flexibility index (Phi) is 5.59. The highest BCUT2D eigenvalue weighted by molar-refractivity contribution is 5.90. The van der Waals surface area contributed by atoms with Gasteiger partial charge in [-0.2, -0.15) is 10.5 Å². The van der Waals surface area contributed by atoms with Gasteiger partial charge in [0.2, 0.25) is 0 Å². The lowest BCUT2D eigenvalue weighted by atomic mass is 10.1. The first-order valence-corrected chi connectivity index (χ1v) is 13.4. The molecule has 0 atom stereocenters. The standard InChI is InChI=1S/C36H24N4O/c1-23-11-3-5-13-29(23)39(30-14-6-4-12-24(30)2)33-19-25-26(27(33)21-37)20-34(28(25)22-38)40-31-15-7-9-17-35(31)41-36-18-10-8-16-32(36)40/h3-20H,1-2H3. The zero-order valence-corrected chi connectivity index (χ0v) is 22.6. The van der Waals surface area contributed by atoms with Crippen LogP contribution >= 0.6 is 0 Å². The van der Waals surface area contributed by atoms with Crippen molar-refractivity contribution in [1.29, 1.82) is 10.5 Å². The van der Waals surface area contributed by atoms with Crippen LogP contribution in [-0.2, 0) is 0 Å². The Morgan fingerprint density at radius 2 is 1.10 bits per heavy atom. The number of allylic oxidation sites excluding steroid dienone is 6. The molecule has 4 aromatic rings. The number of fused-ring (bicyclic) bond motifs is 3. The minimum absolute atomic E-state index is 0.517. The summed E-state index contributed by atoms with van der Waals surface area (Å²) in [7, 11) is 0. The predicted molar refractivity (Wildman–Crippen MR) is 161 cm³/mol. The van der Waals surface area contributed by atoms with E-state index in [9.17, 15) is 10.5 Å². The molecule has 7 rings (SSSR count). The van der Waals surface area contributed by atoms with Gasteiger partial charge in [0.1, 0.15) is 12.1 Å². The summed E-state index contributed by atoms with van der Waals surface area (Å²) in [5.74, 6) is 1.42. The number of rotatable bonds is 4. The van der Waals surface area contributed by atoms with Gasteiger partial charge < -0.3 is 14.5 Å². The zero-order chi connectivity index (χ0) is 28.1. The highest BCUT2D eigenvalue weighted by Crippen LogP contribution is 2.53. The Morgan fingerprint density at radius 3 is 1.63 bits per heavy atom. The van der Waals surface area contributed by atoms with E-state index < -0.39 is 0 Å². The summed E-state index contributed by atoms with van der Waals surface area (Å²) in [6.45, 7) is 4.14. The molecule has 0 saturated carbocycles. The molecule has 0 spiro atoms. The van der Waals surface area contributed by atoms with Gasteiger partial charge >= 0.3 is 0 Å². The van der Waals surface area contributed by atoms with Gasteiger partial charge in [-0.05, 0) is 73.5 Å². The second-order valence-corrected chi connectivity index (χ2v) is 10.1. The molecule has 0 fully saturated rings. The van der Waals surface area contributed by atoms with Crippen molar-refractivity contribution in [3.63, 3.8) is 0 Å². The average molecular weight is 529 g/mol. The van der Waals surface area contributed by atoms with Crippen LogP contribution in [0.3, 0.4) is 0 Å². The molecule has 5 heteroatoms. The summed E-state index contributed by atoms with van der Waals surface area (Å²) in [4.78, 5) is 4.21. The van der Waals surface area contributed by atoms with E-state index >= 15 is 0 Å². The Hall–Kier alpha value is -5.78. The molecule has 2 aliphatic carbocycles. The van der Waals surface area contributed by atoms with Crippen LogP contribution in [0.1, 0.15) is 11.1 Å². The number of hydrogen-bond donors (Lipinski definition) is 0. The van der Waals surface area contributed by atoms with Gasteiger partial charge in [-0.15, -0.1) is 0 Å². The van der Waals surface area contributed by atoms with Gasteiger partial charge in [-0.1, -0.05) is 60.7 Å². The van der Waals surface area contributed by atoms with Gasteiger partial charge in [-0.3, -0.25) is 0 Å². The Balaban J connectivity index is 1.44. The first-order chi connectivity index (χ1) is 20.1. The van der Waals surface area contributed by atoms with Crippen LogP contribution < -0.4 is 14.5 Å². The van der Waals surface area contributed by atoms with E-state index in [0.29, 0.717) is 22.6 Å². The molecule has 41 heavy (non-hydrogen) atoms. The van der Waals surface area contributed by atoms with Crippen molar-refractivity contribution in [2.75, 3.05) is 9.80 Å². The smallest absolute Gasteiger partial charge is 0.151 e. The maximum absolute atomic E-state index is 10.6. The number of ether oxygens (including phenoxy) is 1. The topological polar surface area (TPSA) is 63.3 Å². The summed E-state index contributed by atoms with van der Waals surface area (Å²) in [5, 5.41) is 21.2. The van der Waals surface area contributed by atoms with Crippen LogP contribution in [0.15, 0.2) is 143 Å². The number of aryl methyl sites for hydroxylation is 2. The van der Waals surface area contributed by atoms with Crippen LogP contribution in [0.25, 0.3) is 0 Å². The Bertz CT molecular complexity index is 1890. The highest BCUT2D eigenvalue weighted by atomic mass is 16.5. The van der Waals surface area contributed by atoms with Crippen molar-refractivity contribution in [3.8, 4) is 23.6 Å². The third kappa shape index (κ3) is 3.68. The van der Waals surface area contributed by atoms with Gasteiger partial charge in [0.05, 0.1) is 33.9 Å². The Morgan fingerprint density at radius 1 is 0.610 bits per heavy atom. The van der Waals surface area contributed by atoms with Crippen LogP contribution in [0.2, 0.25) is 0 Å². The first-order valence-electron chi connectivity index (χ1n) is 13.4. The number of benzene rings is 4. The van der Waals surface area contributed by atoms with Crippen LogP contribution in [0.4, 0.5) is 22.7 Å². The SMILES string of the molecule is Cc1ccccc1N(C1=CC2=C(C#N)C(N3c4ccccc4Oc4ccccc43)=CC2=C1C#N)c1ccccc1C. The molecular weight excluding hydrogens is 504 g/mol. The van der Waals surface area contributed by atoms with E-state index in [1.165, 1.54) is 0 Å². The van der Waals surface area contributed by atoms with E-state index in [-0.39, 0.29) is 0 Å². The van der Waals surface area contributed by atoms with Crippen molar-refractivity contribution in [2.45, 2.75) is 13.8 Å². The molecule has 0 radical (unpaired) electrons. The average Bonchev–Trinajstić information content (AvgIpc) is 3.53. The third-order valence-electron chi connectivity index (χ3n) is 7.75. The molecule has 0 unspecified atom stereocenters. The number of hydrogen-bond acceptors (Lipinski definition) is 5. The van der Waals surface area contributed by atoms with Crippen molar-refractivity contribution in [1.82, 2.24) is 0 Å². The first kappa shape index (κ1) is 24.3. The van der Waals surface area contributed by atoms with Crippen LogP contribution in [0.5, 0.6) is 11.5 Å². The van der Waals surface area contributed by atoms with Crippen molar-refractivity contribution >= 4 is 22.7 Å². The molecule has 1 heterocycles. The van der Waals surface area contributed by atoms with E-state index in [1.807, 2.05) is 84.9 Å². The molecule has 4 aromatic carbocycles. The molecule has 5 nitrogen and oxygen atoms in total. The van der Waals surface area contributed by atoms with E-state index in [2.05, 4.69) is 60.1 Å². The monoisotopic (exact) mass is 528 g/mol. The number of nitrogens with zero attached hydrogens (tertiary/aromatic N) is 4. The zero-order valence-electron chi connectivity index (χ0n) is 22.6. The van der Waals surface area contributed by atoms with E-state index in [0.717, 1.165) is 56.4 Å². The van der Waals surface area contributed by atoms with E-state index in [1.54, 1.807) is 0 Å². The summed E-state index contributed by atoms with van der Waals surface area (Å²) >= 11 is 0. The summed E-state index contributed by atoms with van der Waals surface area (Å²) in [5.41, 5.74) is 9.87. The summed E-state index contributed by atoms with van der Waals surface area (Å²) in [6, 6.07) is 36.9. The second-order valence-electron chi connectivity index (χ2n) is 10.1. The van der Waals surface area contributed by atoms with Gasteiger partial charge in [0.25, 0.3) is 0 Å². The number of anilines is 4. The lowest BCUT2D eigenvalue weighted by molar-refractivity contribution is 0.476. The number of para-hydroxylation sites is 6. The van der Waals surface area contributed by atoms with Crippen LogP contribution in [-0.4, -0.2) is 0 Å². The maximum Gasteiger partial charge on any atom is 0.151 e. The maximum atomic E-state index is 10.6. The Labute approximate surface area is 239 Å². The predicted octanol–water partition coefficient (Wildman–Crippen LogP) is 8.82. The minimum Gasteiger partial charge on any atom is -0.453 e. The highest BCUT2D eigenvalue weighted by Gasteiger charge is 2.38. The van der Waals surface area contributed by atoms with Gasteiger partial charge in [0.15, 0.2) is 11.5 Å². The summed E-state index contributed by atoms with van der Waals surface area (Å²) < 4.78 is 6.19. The fourth-order valence-corrected chi connectivity index (χ4v) is 5.83. The van der Waals surface area contributed by atoms with Crippen molar-refractivity contribution < 1.29 is 4.74 Å². The van der Waals surface area contributed by atoms with Crippen molar-refractivity contribution in [3.05, 3.63) is 154 Å². The molecule has 1 aliphatic heterocycles. The van der Waals surface area contributed by atoms with Gasteiger partial charge in [-0.25, -0.2) is 0 Å². The van der Waals surface area contributed by atoms with Crippen LogP contribution in [0, 0.1) is 36.5 Å². The lowest BCUT2D eigenvalue weighted by Crippen LogP contribution is -2.21. The summed E-state index contributed by atoms with van der Waals surface area (Å²) in [6.07, 6.45) is 3.97. The lowest BCUT2D eigenvalue weighted by Gasteiger charge is -2.33. The molecule has 0 N–H and O–H groups in total. The van der Waals surface area contributed by atoms with Gasteiger partial charge in [0, 0.05) is 22.5 Å². The molecule has 0 saturated heterocycles. The minimum atomic E-state index is 0.517. The molecule has 194 valence electrons. The van der Waals surface area contributed by atoms with Crippen molar-refractivity contribution in [2.24, 2.45) is 0 Å². The molecular formula is C36H24N4O. The third-order valence-corrected chi connectivity index (χ3v) is 7.75. The molecule has 0 amide bonds. The molecule has 0 bridgehead atoms. The quantitative estimate of drug-likeness (QED) is 0.265.